The van der Waals surface area contributed by atoms with Crippen LogP contribution in [-0.2, 0) is 20.3 Å². The van der Waals surface area contributed by atoms with E-state index in [0.29, 0.717) is 35.2 Å². The van der Waals surface area contributed by atoms with Crippen molar-refractivity contribution < 1.29 is 13.7 Å². The van der Waals surface area contributed by atoms with Gasteiger partial charge in [0.05, 0.1) is 20.7 Å². The van der Waals surface area contributed by atoms with Gasteiger partial charge in [0.25, 0.3) is 0 Å². The standard InChI is InChI=1S/C12H17ClN2O3S/c1-18-7-3-6-15-11(16)8-19(17)12-9(13)4-2-5-10(12)14/h2,4-5H,3,6-8,14H2,1H3,(H,15,16). The summed E-state index contributed by atoms with van der Waals surface area (Å²) in [6, 6.07) is 4.88. The van der Waals surface area contributed by atoms with E-state index in [1.54, 1.807) is 25.3 Å². The Morgan fingerprint density at radius 2 is 2.26 bits per heavy atom. The number of hydrogen-bond acceptors (Lipinski definition) is 4. The highest BCUT2D eigenvalue weighted by molar-refractivity contribution is 7.86. The minimum Gasteiger partial charge on any atom is -0.398 e. The van der Waals surface area contributed by atoms with Crippen LogP contribution in [0.5, 0.6) is 0 Å². The van der Waals surface area contributed by atoms with Gasteiger partial charge in [0, 0.05) is 25.9 Å². The van der Waals surface area contributed by atoms with Crippen molar-refractivity contribution in [2.45, 2.75) is 11.3 Å². The molecule has 106 valence electrons. The zero-order valence-corrected chi connectivity index (χ0v) is 12.2. The van der Waals surface area contributed by atoms with Gasteiger partial charge in [0.15, 0.2) is 0 Å². The van der Waals surface area contributed by atoms with E-state index in [4.69, 9.17) is 22.1 Å². The second-order valence-electron chi connectivity index (χ2n) is 3.84. The lowest BCUT2D eigenvalue weighted by molar-refractivity contribution is -0.118. The molecule has 0 heterocycles. The van der Waals surface area contributed by atoms with Crippen molar-refractivity contribution in [2.75, 3.05) is 31.7 Å². The van der Waals surface area contributed by atoms with Gasteiger partial charge in [-0.3, -0.25) is 9.00 Å². The van der Waals surface area contributed by atoms with E-state index in [1.165, 1.54) is 0 Å². The first-order valence-electron chi connectivity index (χ1n) is 5.74. The molecule has 1 atom stereocenters. The molecule has 0 saturated heterocycles. The Labute approximate surface area is 119 Å². The van der Waals surface area contributed by atoms with Crippen molar-refractivity contribution in [2.24, 2.45) is 0 Å². The maximum atomic E-state index is 12.0. The quantitative estimate of drug-likeness (QED) is 0.585. The largest absolute Gasteiger partial charge is 0.398 e. The number of rotatable bonds is 7. The molecule has 1 amide bonds. The van der Waals surface area contributed by atoms with Crippen LogP contribution >= 0.6 is 11.6 Å². The molecular weight excluding hydrogens is 288 g/mol. The van der Waals surface area contributed by atoms with Crippen LogP contribution in [-0.4, -0.2) is 36.1 Å². The smallest absolute Gasteiger partial charge is 0.233 e. The number of amides is 1. The number of methoxy groups -OCH3 is 1. The molecule has 3 N–H and O–H groups in total. The van der Waals surface area contributed by atoms with Crippen molar-refractivity contribution in [3.05, 3.63) is 23.2 Å². The summed E-state index contributed by atoms with van der Waals surface area (Å²) in [7, 11) is 0.0502. The summed E-state index contributed by atoms with van der Waals surface area (Å²) in [5, 5.41) is 2.97. The van der Waals surface area contributed by atoms with Gasteiger partial charge < -0.3 is 15.8 Å². The van der Waals surface area contributed by atoms with Crippen LogP contribution < -0.4 is 11.1 Å². The van der Waals surface area contributed by atoms with E-state index >= 15 is 0 Å². The second kappa shape index (κ2) is 8.14. The summed E-state index contributed by atoms with van der Waals surface area (Å²) in [6.07, 6.45) is 0.711. The van der Waals surface area contributed by atoms with Crippen molar-refractivity contribution in [3.8, 4) is 0 Å². The molecule has 1 aromatic carbocycles. The van der Waals surface area contributed by atoms with Gasteiger partial charge in [-0.25, -0.2) is 0 Å². The fourth-order valence-corrected chi connectivity index (χ4v) is 2.99. The van der Waals surface area contributed by atoms with E-state index in [-0.39, 0.29) is 11.7 Å². The van der Waals surface area contributed by atoms with Crippen LogP contribution in [0.15, 0.2) is 23.1 Å². The van der Waals surface area contributed by atoms with Gasteiger partial charge in [-0.15, -0.1) is 0 Å². The van der Waals surface area contributed by atoms with Crippen LogP contribution in [0.25, 0.3) is 0 Å². The van der Waals surface area contributed by atoms with E-state index < -0.39 is 10.8 Å². The lowest BCUT2D eigenvalue weighted by Gasteiger charge is -2.08. The van der Waals surface area contributed by atoms with Crippen molar-refractivity contribution in [3.63, 3.8) is 0 Å². The number of anilines is 1. The van der Waals surface area contributed by atoms with Gasteiger partial charge in [-0.2, -0.15) is 0 Å². The summed E-state index contributed by atoms with van der Waals surface area (Å²) in [5.41, 5.74) is 6.04. The number of benzene rings is 1. The topological polar surface area (TPSA) is 81.4 Å². The van der Waals surface area contributed by atoms with Crippen molar-refractivity contribution in [1.82, 2.24) is 5.32 Å². The molecule has 0 aliphatic rings. The van der Waals surface area contributed by atoms with Crippen LogP contribution in [0.3, 0.4) is 0 Å². The monoisotopic (exact) mass is 304 g/mol. The summed E-state index contributed by atoms with van der Waals surface area (Å²) in [5.74, 6) is -0.449. The molecule has 0 bridgehead atoms. The first-order chi connectivity index (χ1) is 9.06. The molecule has 1 rings (SSSR count). The highest BCUT2D eigenvalue weighted by Gasteiger charge is 2.15. The third kappa shape index (κ3) is 5.18. The predicted molar refractivity (Wildman–Crippen MR) is 76.6 cm³/mol. The summed E-state index contributed by atoms with van der Waals surface area (Å²) < 4.78 is 16.9. The SMILES string of the molecule is COCCCNC(=O)CS(=O)c1c(N)cccc1Cl. The fourth-order valence-electron chi connectivity index (χ4n) is 1.45. The maximum Gasteiger partial charge on any atom is 0.233 e. The Morgan fingerprint density at radius 3 is 2.89 bits per heavy atom. The molecule has 19 heavy (non-hydrogen) atoms. The Balaban J connectivity index is 2.53. The molecular formula is C12H17ClN2O3S. The van der Waals surface area contributed by atoms with Crippen LogP contribution in [0.4, 0.5) is 5.69 Å². The molecule has 1 aromatic rings. The average molecular weight is 305 g/mol. The zero-order valence-electron chi connectivity index (χ0n) is 10.6. The van der Waals surface area contributed by atoms with E-state index in [9.17, 15) is 9.00 Å². The van der Waals surface area contributed by atoms with E-state index in [0.717, 1.165) is 0 Å². The first kappa shape index (κ1) is 15.9. The Morgan fingerprint density at radius 1 is 1.53 bits per heavy atom. The number of hydrogen-bond donors (Lipinski definition) is 2. The molecule has 0 aliphatic carbocycles. The molecule has 0 spiro atoms. The minimum absolute atomic E-state index is 0.152. The first-order valence-corrected chi connectivity index (χ1v) is 7.44. The Hall–Kier alpha value is -1.11. The number of nitrogens with one attached hydrogen (secondary N) is 1. The normalized spacial score (nSPS) is 12.1. The van der Waals surface area contributed by atoms with E-state index in [2.05, 4.69) is 5.32 Å². The maximum absolute atomic E-state index is 12.0. The summed E-state index contributed by atoms with van der Waals surface area (Å²) in [6.45, 7) is 1.06. The highest BCUT2D eigenvalue weighted by Crippen LogP contribution is 2.25. The molecule has 5 nitrogen and oxygen atoms in total. The minimum atomic E-state index is -1.54. The van der Waals surface area contributed by atoms with Crippen LogP contribution in [0.1, 0.15) is 6.42 Å². The molecule has 0 radical (unpaired) electrons. The van der Waals surface area contributed by atoms with E-state index in [1.807, 2.05) is 0 Å². The Bertz CT molecular complexity index is 448. The average Bonchev–Trinajstić information content (AvgIpc) is 2.34. The predicted octanol–water partition coefficient (Wildman–Crippen LogP) is 1.18. The van der Waals surface area contributed by atoms with Gasteiger partial charge in [0.1, 0.15) is 5.75 Å². The molecule has 1 unspecified atom stereocenters. The lowest BCUT2D eigenvalue weighted by atomic mass is 10.3. The number of nitrogens with two attached hydrogens (primary N) is 1. The second-order valence-corrected chi connectivity index (χ2v) is 5.64. The number of carbonyl (C=O) groups excluding carboxylic acids is 1. The van der Waals surface area contributed by atoms with Crippen LogP contribution in [0, 0.1) is 0 Å². The number of nitrogen functional groups attached to an aromatic ring is 1. The molecule has 0 fully saturated rings. The number of carbonyl (C=O) groups is 1. The third-order valence-corrected chi connectivity index (χ3v) is 4.20. The molecule has 0 saturated carbocycles. The molecule has 7 heteroatoms. The van der Waals surface area contributed by atoms with Gasteiger partial charge >= 0.3 is 0 Å². The fraction of sp³-hybridized carbons (Fsp3) is 0.417. The van der Waals surface area contributed by atoms with Crippen molar-refractivity contribution >= 4 is 34.0 Å². The zero-order chi connectivity index (χ0) is 14.3. The number of ether oxygens (including phenoxy) is 1. The number of halogens is 1. The van der Waals surface area contributed by atoms with Gasteiger partial charge in [-0.05, 0) is 18.6 Å². The third-order valence-electron chi connectivity index (χ3n) is 2.33. The summed E-state index contributed by atoms with van der Waals surface area (Å²) in [4.78, 5) is 11.9. The highest BCUT2D eigenvalue weighted by atomic mass is 35.5. The molecule has 0 aromatic heterocycles. The van der Waals surface area contributed by atoms with Crippen LogP contribution in [0.2, 0.25) is 5.02 Å². The van der Waals surface area contributed by atoms with Gasteiger partial charge in [0.2, 0.25) is 5.91 Å². The van der Waals surface area contributed by atoms with Gasteiger partial charge in [-0.1, -0.05) is 17.7 Å². The molecule has 0 aliphatic heterocycles. The summed E-state index contributed by atoms with van der Waals surface area (Å²) >= 11 is 5.93. The Kier molecular flexibility index (Phi) is 6.83. The lowest BCUT2D eigenvalue weighted by Crippen LogP contribution is -2.29. The van der Waals surface area contributed by atoms with Crippen molar-refractivity contribution in [1.29, 1.82) is 0 Å².